The zero-order chi connectivity index (χ0) is 15.3. The molecule has 6 heteroatoms. The number of nitrogens with zero attached hydrogens (tertiary/aromatic N) is 3. The Morgan fingerprint density at radius 3 is 2.60 bits per heavy atom. The Bertz CT molecular complexity index is 429. The molecule has 0 radical (unpaired) electrons. The Morgan fingerprint density at radius 2 is 2.15 bits per heavy atom. The van der Waals surface area contributed by atoms with E-state index < -0.39 is 0 Å². The van der Waals surface area contributed by atoms with Crippen molar-refractivity contribution in [2.45, 2.75) is 34.1 Å². The number of carbonyl (C=O) groups is 1. The summed E-state index contributed by atoms with van der Waals surface area (Å²) in [4.78, 5) is 14.0. The smallest absolute Gasteiger partial charge is 0.323 e. The van der Waals surface area contributed by atoms with Crippen molar-refractivity contribution in [3.63, 3.8) is 0 Å². The molecule has 0 bridgehead atoms. The zero-order valence-corrected chi connectivity index (χ0v) is 13.1. The maximum absolute atomic E-state index is 12.3. The first-order valence-electron chi connectivity index (χ1n) is 6.90. The van der Waals surface area contributed by atoms with Crippen molar-refractivity contribution in [2.75, 3.05) is 25.0 Å². The summed E-state index contributed by atoms with van der Waals surface area (Å²) in [6, 6.07) is 1.66. The Kier molecular flexibility index (Phi) is 5.56. The number of aryl methyl sites for hydroxylation is 2. The summed E-state index contributed by atoms with van der Waals surface area (Å²) in [7, 11) is 1.84. The Morgan fingerprint density at radius 1 is 1.50 bits per heavy atom. The molecule has 0 aromatic carbocycles. The van der Waals surface area contributed by atoms with E-state index in [4.69, 9.17) is 5.11 Å². The number of rotatable bonds is 5. The predicted octanol–water partition coefficient (Wildman–Crippen LogP) is 1.99. The van der Waals surface area contributed by atoms with E-state index in [1.807, 2.05) is 20.0 Å². The molecule has 0 atom stereocenters. The number of aliphatic hydroxyl groups excluding tert-OH is 1. The van der Waals surface area contributed by atoms with E-state index in [2.05, 4.69) is 31.2 Å². The van der Waals surface area contributed by atoms with E-state index >= 15 is 0 Å². The number of hydrogen-bond acceptors (Lipinski definition) is 3. The molecule has 6 nitrogen and oxygen atoms in total. The number of hydrogen-bond donors (Lipinski definition) is 2. The Hall–Kier alpha value is -1.56. The van der Waals surface area contributed by atoms with Crippen molar-refractivity contribution in [1.82, 2.24) is 14.7 Å². The molecule has 2 N–H and O–H groups in total. The quantitative estimate of drug-likeness (QED) is 0.867. The van der Waals surface area contributed by atoms with Crippen molar-refractivity contribution >= 4 is 11.8 Å². The van der Waals surface area contributed by atoms with Crippen LogP contribution in [0.2, 0.25) is 0 Å². The highest BCUT2D eigenvalue weighted by atomic mass is 16.3. The normalized spacial score (nSPS) is 11.5. The van der Waals surface area contributed by atoms with Crippen LogP contribution in [0.5, 0.6) is 0 Å². The van der Waals surface area contributed by atoms with Gasteiger partial charge in [-0.25, -0.2) is 4.79 Å². The molecule has 0 spiro atoms. The summed E-state index contributed by atoms with van der Waals surface area (Å²) >= 11 is 0. The van der Waals surface area contributed by atoms with E-state index in [1.165, 1.54) is 0 Å². The third kappa shape index (κ3) is 5.21. The van der Waals surface area contributed by atoms with Crippen molar-refractivity contribution in [2.24, 2.45) is 12.5 Å². The third-order valence-electron chi connectivity index (χ3n) is 2.89. The maximum Gasteiger partial charge on any atom is 0.323 e. The monoisotopic (exact) mass is 282 g/mol. The molecule has 1 aromatic rings. The number of amides is 2. The molecule has 0 aliphatic rings. The van der Waals surface area contributed by atoms with Crippen molar-refractivity contribution in [3.8, 4) is 0 Å². The lowest BCUT2D eigenvalue weighted by atomic mass is 9.96. The lowest BCUT2D eigenvalue weighted by Gasteiger charge is -2.29. The molecule has 114 valence electrons. The van der Waals surface area contributed by atoms with Crippen LogP contribution < -0.4 is 5.32 Å². The molecular formula is C14H26N4O2. The van der Waals surface area contributed by atoms with Crippen LogP contribution in [-0.2, 0) is 7.05 Å². The van der Waals surface area contributed by atoms with Gasteiger partial charge in [-0.1, -0.05) is 20.8 Å². The number of aromatic nitrogens is 2. The van der Waals surface area contributed by atoms with Gasteiger partial charge in [0.15, 0.2) is 5.82 Å². The van der Waals surface area contributed by atoms with Gasteiger partial charge in [0.25, 0.3) is 0 Å². The van der Waals surface area contributed by atoms with Crippen LogP contribution >= 0.6 is 0 Å². The zero-order valence-electron chi connectivity index (χ0n) is 13.1. The van der Waals surface area contributed by atoms with E-state index in [1.54, 1.807) is 9.58 Å². The number of urea groups is 1. The van der Waals surface area contributed by atoms with Crippen molar-refractivity contribution in [1.29, 1.82) is 0 Å². The molecule has 1 heterocycles. The highest BCUT2D eigenvalue weighted by Gasteiger charge is 2.21. The van der Waals surface area contributed by atoms with Crippen LogP contribution in [0.1, 0.15) is 32.9 Å². The van der Waals surface area contributed by atoms with Crippen LogP contribution in [-0.4, -0.2) is 45.5 Å². The largest absolute Gasteiger partial charge is 0.396 e. The number of nitrogens with one attached hydrogen (secondary N) is 1. The van der Waals surface area contributed by atoms with Crippen molar-refractivity contribution < 1.29 is 9.90 Å². The average Bonchev–Trinajstić information content (AvgIpc) is 2.62. The summed E-state index contributed by atoms with van der Waals surface area (Å²) in [5.41, 5.74) is 0.991. The van der Waals surface area contributed by atoms with Crippen LogP contribution in [0.4, 0.5) is 10.6 Å². The minimum absolute atomic E-state index is 0.00677. The summed E-state index contributed by atoms with van der Waals surface area (Å²) in [6.45, 7) is 9.42. The van der Waals surface area contributed by atoms with Gasteiger partial charge in [-0.3, -0.25) is 10.00 Å². The fourth-order valence-corrected chi connectivity index (χ4v) is 1.90. The second-order valence-corrected chi connectivity index (χ2v) is 6.28. The molecule has 1 aromatic heterocycles. The van der Waals surface area contributed by atoms with Gasteiger partial charge in [0.1, 0.15) is 0 Å². The first-order chi connectivity index (χ1) is 9.23. The van der Waals surface area contributed by atoms with Gasteiger partial charge in [0, 0.05) is 38.5 Å². The number of carbonyl (C=O) groups excluding carboxylic acids is 1. The minimum Gasteiger partial charge on any atom is -0.396 e. The highest BCUT2D eigenvalue weighted by Crippen LogP contribution is 2.16. The average molecular weight is 282 g/mol. The molecule has 20 heavy (non-hydrogen) atoms. The molecule has 0 unspecified atom stereocenters. The molecule has 0 aliphatic carbocycles. The molecule has 0 fully saturated rings. The molecular weight excluding hydrogens is 256 g/mol. The lowest BCUT2D eigenvalue weighted by molar-refractivity contribution is 0.176. The Labute approximate surface area is 120 Å². The molecule has 1 rings (SSSR count). The fourth-order valence-electron chi connectivity index (χ4n) is 1.90. The number of aliphatic hydroxyl groups is 1. The van der Waals surface area contributed by atoms with Crippen molar-refractivity contribution in [3.05, 3.63) is 11.8 Å². The van der Waals surface area contributed by atoms with Gasteiger partial charge in [-0.05, 0) is 18.8 Å². The maximum atomic E-state index is 12.3. The van der Waals surface area contributed by atoms with Crippen LogP contribution in [0.25, 0.3) is 0 Å². The fraction of sp³-hybridized carbons (Fsp3) is 0.714. The summed E-state index contributed by atoms with van der Waals surface area (Å²) < 4.78 is 1.72. The Balaban J connectivity index is 2.71. The molecule has 0 saturated heterocycles. The van der Waals surface area contributed by atoms with Crippen LogP contribution in [0, 0.1) is 12.3 Å². The van der Waals surface area contributed by atoms with Gasteiger partial charge >= 0.3 is 6.03 Å². The van der Waals surface area contributed by atoms with Gasteiger partial charge in [0.2, 0.25) is 0 Å². The number of anilines is 1. The van der Waals surface area contributed by atoms with Gasteiger partial charge in [-0.15, -0.1) is 0 Å². The molecule has 0 aliphatic heterocycles. The standard InChI is InChI=1S/C14H26N4O2/c1-11-9-12(16-17(11)5)15-13(20)18(7-6-8-19)10-14(2,3)4/h9,19H,6-8,10H2,1-5H3,(H,15,16,20). The summed E-state index contributed by atoms with van der Waals surface area (Å²) in [6.07, 6.45) is 0.574. The minimum atomic E-state index is -0.175. The topological polar surface area (TPSA) is 70.4 Å². The van der Waals surface area contributed by atoms with E-state index in [9.17, 15) is 4.79 Å². The highest BCUT2D eigenvalue weighted by molar-refractivity contribution is 5.88. The first kappa shape index (κ1) is 16.5. The predicted molar refractivity (Wildman–Crippen MR) is 79.7 cm³/mol. The summed E-state index contributed by atoms with van der Waals surface area (Å²) in [5.74, 6) is 0.554. The van der Waals surface area contributed by atoms with Crippen LogP contribution in [0.15, 0.2) is 6.07 Å². The SMILES string of the molecule is Cc1cc(NC(=O)N(CCCO)CC(C)(C)C)nn1C. The van der Waals surface area contributed by atoms with Gasteiger partial charge in [-0.2, -0.15) is 5.10 Å². The van der Waals surface area contributed by atoms with Crippen LogP contribution in [0.3, 0.4) is 0 Å². The van der Waals surface area contributed by atoms with Gasteiger partial charge in [0.05, 0.1) is 0 Å². The first-order valence-corrected chi connectivity index (χ1v) is 6.90. The lowest BCUT2D eigenvalue weighted by Crippen LogP contribution is -2.41. The molecule has 2 amide bonds. The van der Waals surface area contributed by atoms with E-state index in [-0.39, 0.29) is 18.1 Å². The van der Waals surface area contributed by atoms with E-state index in [0.29, 0.717) is 25.3 Å². The molecule has 0 saturated carbocycles. The van der Waals surface area contributed by atoms with Gasteiger partial charge < -0.3 is 10.0 Å². The summed E-state index contributed by atoms with van der Waals surface area (Å²) in [5, 5.41) is 16.0. The third-order valence-corrected chi connectivity index (χ3v) is 2.89. The van der Waals surface area contributed by atoms with E-state index in [0.717, 1.165) is 5.69 Å². The second kappa shape index (κ2) is 6.74. The second-order valence-electron chi connectivity index (χ2n) is 6.28.